The number of hydrogen-bond acceptors (Lipinski definition) is 1. The summed E-state index contributed by atoms with van der Waals surface area (Å²) in [5.41, 5.74) is 1.65. The zero-order valence-corrected chi connectivity index (χ0v) is 8.94. The molecule has 3 heteroatoms. The fraction of sp³-hybridized carbons (Fsp3) is 0.444. The quantitative estimate of drug-likeness (QED) is 0.676. The van der Waals surface area contributed by atoms with Gasteiger partial charge in [-0.05, 0) is 40.4 Å². The van der Waals surface area contributed by atoms with Crippen molar-refractivity contribution in [3.05, 3.63) is 27.7 Å². The number of aromatic nitrogens is 1. The second-order valence-corrected chi connectivity index (χ2v) is 3.88. The highest BCUT2D eigenvalue weighted by molar-refractivity contribution is 9.10. The molecule has 1 aromatic rings. The topological polar surface area (TPSA) is 12.9 Å². The van der Waals surface area contributed by atoms with Crippen LogP contribution in [-0.2, 0) is 0 Å². The zero-order valence-electron chi connectivity index (χ0n) is 7.36. The van der Waals surface area contributed by atoms with Crippen molar-refractivity contribution < 1.29 is 4.39 Å². The van der Waals surface area contributed by atoms with Crippen molar-refractivity contribution in [3.63, 3.8) is 0 Å². The highest BCUT2D eigenvalue weighted by Crippen LogP contribution is 2.24. The highest BCUT2D eigenvalue weighted by atomic mass is 79.9. The predicted molar refractivity (Wildman–Crippen MR) is 50.7 cm³/mol. The number of hydrogen-bond donors (Lipinski definition) is 0. The summed E-state index contributed by atoms with van der Waals surface area (Å²) < 4.78 is 13.5. The van der Waals surface area contributed by atoms with E-state index in [-0.39, 0.29) is 0 Å². The molecule has 0 aromatic carbocycles. The van der Waals surface area contributed by atoms with E-state index in [0.717, 1.165) is 5.56 Å². The van der Waals surface area contributed by atoms with Gasteiger partial charge in [0.2, 0.25) is 5.95 Å². The Bertz CT molecular complexity index is 297. The SMILES string of the molecule is Cc1cc(C(C)C)c(Br)nc1F. The molecule has 0 spiro atoms. The molecule has 0 saturated heterocycles. The third kappa shape index (κ3) is 1.83. The lowest BCUT2D eigenvalue weighted by atomic mass is 10.0. The fourth-order valence-electron chi connectivity index (χ4n) is 0.996. The molecular formula is C9H11BrFN. The first-order chi connectivity index (χ1) is 5.52. The van der Waals surface area contributed by atoms with Crippen LogP contribution in [0.25, 0.3) is 0 Å². The Balaban J connectivity index is 3.23. The minimum absolute atomic E-state index is 0.367. The molecule has 0 aliphatic carbocycles. The van der Waals surface area contributed by atoms with Crippen molar-refractivity contribution in [2.75, 3.05) is 0 Å². The van der Waals surface area contributed by atoms with Crippen LogP contribution in [0.3, 0.4) is 0 Å². The van der Waals surface area contributed by atoms with Gasteiger partial charge in [0.05, 0.1) is 0 Å². The van der Waals surface area contributed by atoms with E-state index >= 15 is 0 Å². The third-order valence-electron chi connectivity index (χ3n) is 1.75. The molecule has 0 amide bonds. The average molecular weight is 232 g/mol. The Kier molecular flexibility index (Phi) is 2.83. The normalized spacial score (nSPS) is 10.8. The number of rotatable bonds is 1. The maximum Gasteiger partial charge on any atom is 0.216 e. The van der Waals surface area contributed by atoms with Gasteiger partial charge in [-0.1, -0.05) is 13.8 Å². The molecule has 0 aliphatic rings. The van der Waals surface area contributed by atoms with Gasteiger partial charge in [0, 0.05) is 5.56 Å². The lowest BCUT2D eigenvalue weighted by Gasteiger charge is -2.08. The van der Waals surface area contributed by atoms with Crippen LogP contribution in [-0.4, -0.2) is 4.98 Å². The highest BCUT2D eigenvalue weighted by Gasteiger charge is 2.09. The Morgan fingerprint density at radius 3 is 2.58 bits per heavy atom. The largest absolute Gasteiger partial charge is 0.216 e. The number of halogens is 2. The second kappa shape index (κ2) is 3.52. The molecule has 1 nitrogen and oxygen atoms in total. The van der Waals surface area contributed by atoms with Gasteiger partial charge in [-0.2, -0.15) is 4.39 Å². The molecule has 0 N–H and O–H groups in total. The average Bonchev–Trinajstić information content (AvgIpc) is 1.96. The Hall–Kier alpha value is -0.440. The maximum atomic E-state index is 12.9. The molecule has 1 rings (SSSR count). The molecule has 1 heterocycles. The van der Waals surface area contributed by atoms with Gasteiger partial charge < -0.3 is 0 Å². The molecule has 0 fully saturated rings. The van der Waals surface area contributed by atoms with Crippen molar-refractivity contribution in [3.8, 4) is 0 Å². The molecule has 0 bridgehead atoms. The number of nitrogens with zero attached hydrogens (tertiary/aromatic N) is 1. The zero-order chi connectivity index (χ0) is 9.30. The van der Waals surface area contributed by atoms with Gasteiger partial charge >= 0.3 is 0 Å². The van der Waals surface area contributed by atoms with E-state index in [4.69, 9.17) is 0 Å². The summed E-state index contributed by atoms with van der Waals surface area (Å²) in [7, 11) is 0. The molecule has 66 valence electrons. The third-order valence-corrected chi connectivity index (χ3v) is 2.39. The summed E-state index contributed by atoms with van der Waals surface area (Å²) in [5.74, 6) is -0.0301. The van der Waals surface area contributed by atoms with Crippen molar-refractivity contribution in [1.29, 1.82) is 0 Å². The lowest BCUT2D eigenvalue weighted by Crippen LogP contribution is -1.97. The smallest absolute Gasteiger partial charge is 0.212 e. The van der Waals surface area contributed by atoms with Crippen LogP contribution in [0, 0.1) is 12.9 Å². The van der Waals surface area contributed by atoms with Gasteiger partial charge in [0.15, 0.2) is 0 Å². The summed E-state index contributed by atoms with van der Waals surface area (Å²) in [6.45, 7) is 5.83. The van der Waals surface area contributed by atoms with Crippen LogP contribution in [0.1, 0.15) is 30.9 Å². The van der Waals surface area contributed by atoms with Crippen molar-refractivity contribution in [2.24, 2.45) is 0 Å². The van der Waals surface area contributed by atoms with E-state index in [9.17, 15) is 4.39 Å². The van der Waals surface area contributed by atoms with Crippen LogP contribution in [0.4, 0.5) is 4.39 Å². The summed E-state index contributed by atoms with van der Waals surface area (Å²) >= 11 is 3.23. The number of aryl methyl sites for hydroxylation is 1. The first-order valence-electron chi connectivity index (χ1n) is 3.85. The minimum Gasteiger partial charge on any atom is -0.212 e. The molecule has 1 aromatic heterocycles. The molecule has 0 atom stereocenters. The fourth-order valence-corrected chi connectivity index (χ4v) is 1.72. The first kappa shape index (κ1) is 9.65. The van der Waals surface area contributed by atoms with E-state index in [1.165, 1.54) is 0 Å². The van der Waals surface area contributed by atoms with Gasteiger partial charge in [0.1, 0.15) is 4.60 Å². The van der Waals surface area contributed by atoms with Crippen LogP contribution in [0.5, 0.6) is 0 Å². The molecule has 0 unspecified atom stereocenters. The Labute approximate surface area is 80.1 Å². The molecule has 0 radical (unpaired) electrons. The molecule has 12 heavy (non-hydrogen) atoms. The van der Waals surface area contributed by atoms with Crippen molar-refractivity contribution in [2.45, 2.75) is 26.7 Å². The first-order valence-corrected chi connectivity index (χ1v) is 4.64. The lowest BCUT2D eigenvalue weighted by molar-refractivity contribution is 0.568. The molecular weight excluding hydrogens is 221 g/mol. The van der Waals surface area contributed by atoms with Gasteiger partial charge in [-0.3, -0.25) is 0 Å². The molecule has 0 saturated carbocycles. The van der Waals surface area contributed by atoms with Gasteiger partial charge in [-0.25, -0.2) is 4.98 Å². The maximum absolute atomic E-state index is 12.9. The summed E-state index contributed by atoms with van der Waals surface area (Å²) in [4.78, 5) is 3.74. The van der Waals surface area contributed by atoms with Crippen molar-refractivity contribution >= 4 is 15.9 Å². The predicted octanol–water partition coefficient (Wildman–Crippen LogP) is 3.42. The van der Waals surface area contributed by atoms with Gasteiger partial charge in [-0.15, -0.1) is 0 Å². The monoisotopic (exact) mass is 231 g/mol. The number of pyridine rings is 1. The van der Waals surface area contributed by atoms with E-state index in [0.29, 0.717) is 16.1 Å². The van der Waals surface area contributed by atoms with E-state index in [2.05, 4.69) is 34.8 Å². The van der Waals surface area contributed by atoms with Crippen molar-refractivity contribution in [1.82, 2.24) is 4.98 Å². The standard InChI is InChI=1S/C9H11BrFN/c1-5(2)7-4-6(3)9(11)12-8(7)10/h4-5H,1-3H3. The Morgan fingerprint density at radius 1 is 1.50 bits per heavy atom. The molecule has 0 aliphatic heterocycles. The van der Waals surface area contributed by atoms with E-state index in [1.807, 2.05) is 6.07 Å². The summed E-state index contributed by atoms with van der Waals surface area (Å²) in [6.07, 6.45) is 0. The van der Waals surface area contributed by atoms with Crippen LogP contribution in [0.2, 0.25) is 0 Å². The van der Waals surface area contributed by atoms with Crippen LogP contribution >= 0.6 is 15.9 Å². The van der Waals surface area contributed by atoms with Crippen LogP contribution in [0.15, 0.2) is 10.7 Å². The van der Waals surface area contributed by atoms with Crippen LogP contribution < -0.4 is 0 Å². The van der Waals surface area contributed by atoms with Gasteiger partial charge in [0.25, 0.3) is 0 Å². The Morgan fingerprint density at radius 2 is 2.08 bits per heavy atom. The minimum atomic E-state index is -0.397. The van der Waals surface area contributed by atoms with E-state index in [1.54, 1.807) is 6.92 Å². The second-order valence-electron chi connectivity index (χ2n) is 3.13. The summed E-state index contributed by atoms with van der Waals surface area (Å²) in [6, 6.07) is 1.83. The van der Waals surface area contributed by atoms with E-state index < -0.39 is 5.95 Å². The summed E-state index contributed by atoms with van der Waals surface area (Å²) in [5, 5.41) is 0.